The second-order valence-corrected chi connectivity index (χ2v) is 4.36. The zero-order chi connectivity index (χ0) is 11.4. The number of ether oxygens (including phenoxy) is 1. The lowest BCUT2D eigenvalue weighted by Gasteiger charge is -2.31. The van der Waals surface area contributed by atoms with E-state index in [0.717, 1.165) is 31.5 Å². The van der Waals surface area contributed by atoms with Crippen LogP contribution in [0.25, 0.3) is 0 Å². The van der Waals surface area contributed by atoms with Crippen molar-refractivity contribution in [2.75, 3.05) is 20.2 Å². The van der Waals surface area contributed by atoms with Crippen LogP contribution in [0.1, 0.15) is 12.0 Å². The van der Waals surface area contributed by atoms with Crippen LogP contribution in [-0.4, -0.2) is 26.3 Å². The molecule has 1 aromatic rings. The van der Waals surface area contributed by atoms with E-state index in [2.05, 4.69) is 5.32 Å². The molecule has 0 saturated carbocycles. The molecule has 3 heteroatoms. The SMILES string of the molecule is COC1CNCCC1Cc1cccc(F)c1. The number of benzene rings is 1. The lowest BCUT2D eigenvalue weighted by Crippen LogP contribution is -2.42. The third-order valence-corrected chi connectivity index (χ3v) is 3.25. The Morgan fingerprint density at radius 3 is 3.12 bits per heavy atom. The van der Waals surface area contributed by atoms with E-state index in [-0.39, 0.29) is 11.9 Å². The first kappa shape index (κ1) is 11.6. The molecule has 2 rings (SSSR count). The van der Waals surface area contributed by atoms with Gasteiger partial charge in [0.1, 0.15) is 5.82 Å². The van der Waals surface area contributed by atoms with Crippen LogP contribution in [0.15, 0.2) is 24.3 Å². The van der Waals surface area contributed by atoms with Crippen LogP contribution in [0.4, 0.5) is 4.39 Å². The number of hydrogen-bond donors (Lipinski definition) is 1. The van der Waals surface area contributed by atoms with Crippen LogP contribution in [0, 0.1) is 11.7 Å². The summed E-state index contributed by atoms with van der Waals surface area (Å²) in [6.07, 6.45) is 2.24. The van der Waals surface area contributed by atoms with Gasteiger partial charge in [-0.1, -0.05) is 12.1 Å². The Morgan fingerprint density at radius 1 is 1.50 bits per heavy atom. The van der Waals surface area contributed by atoms with Crippen LogP contribution in [0.3, 0.4) is 0 Å². The van der Waals surface area contributed by atoms with Crippen molar-refractivity contribution in [3.8, 4) is 0 Å². The maximum atomic E-state index is 13.1. The first-order valence-corrected chi connectivity index (χ1v) is 5.77. The predicted molar refractivity (Wildman–Crippen MR) is 61.9 cm³/mol. The molecule has 88 valence electrons. The van der Waals surface area contributed by atoms with E-state index in [9.17, 15) is 4.39 Å². The van der Waals surface area contributed by atoms with Gasteiger partial charge in [-0.25, -0.2) is 4.39 Å². The topological polar surface area (TPSA) is 21.3 Å². The molecule has 0 radical (unpaired) electrons. The lowest BCUT2D eigenvalue weighted by molar-refractivity contribution is 0.0341. The number of hydrogen-bond acceptors (Lipinski definition) is 2. The minimum absolute atomic E-state index is 0.152. The molecule has 16 heavy (non-hydrogen) atoms. The van der Waals surface area contributed by atoms with Crippen molar-refractivity contribution in [2.45, 2.75) is 18.9 Å². The predicted octanol–water partition coefficient (Wildman–Crippen LogP) is 1.99. The molecular weight excluding hydrogens is 205 g/mol. The molecule has 1 saturated heterocycles. The van der Waals surface area contributed by atoms with Crippen molar-refractivity contribution in [3.05, 3.63) is 35.6 Å². The molecule has 0 aromatic heterocycles. The number of halogens is 1. The van der Waals surface area contributed by atoms with Gasteiger partial charge in [-0.05, 0) is 43.0 Å². The van der Waals surface area contributed by atoms with Crippen LogP contribution in [-0.2, 0) is 11.2 Å². The second-order valence-electron chi connectivity index (χ2n) is 4.36. The van der Waals surface area contributed by atoms with Crippen molar-refractivity contribution in [3.63, 3.8) is 0 Å². The Kier molecular flexibility index (Phi) is 3.91. The highest BCUT2D eigenvalue weighted by atomic mass is 19.1. The summed E-state index contributed by atoms with van der Waals surface area (Å²) in [6, 6.07) is 6.86. The molecule has 0 amide bonds. The average molecular weight is 223 g/mol. The Balaban J connectivity index is 2.02. The molecular formula is C13H18FNO. The monoisotopic (exact) mass is 223 g/mol. The number of nitrogens with one attached hydrogen (secondary N) is 1. The van der Waals surface area contributed by atoms with Crippen molar-refractivity contribution in [1.82, 2.24) is 5.32 Å². The molecule has 2 nitrogen and oxygen atoms in total. The van der Waals surface area contributed by atoms with Crippen LogP contribution >= 0.6 is 0 Å². The zero-order valence-corrected chi connectivity index (χ0v) is 9.58. The largest absolute Gasteiger partial charge is 0.380 e. The van der Waals surface area contributed by atoms with Gasteiger partial charge in [-0.3, -0.25) is 0 Å². The Bertz CT molecular complexity index is 342. The van der Waals surface area contributed by atoms with E-state index in [1.54, 1.807) is 19.2 Å². The maximum Gasteiger partial charge on any atom is 0.123 e. The van der Waals surface area contributed by atoms with Gasteiger partial charge in [0, 0.05) is 13.7 Å². The van der Waals surface area contributed by atoms with E-state index < -0.39 is 0 Å². The molecule has 0 spiro atoms. The van der Waals surface area contributed by atoms with Crippen molar-refractivity contribution in [2.24, 2.45) is 5.92 Å². The summed E-state index contributed by atoms with van der Waals surface area (Å²) in [5.74, 6) is 0.341. The van der Waals surface area contributed by atoms with E-state index in [1.807, 2.05) is 6.07 Å². The molecule has 1 aliphatic heterocycles. The summed E-state index contributed by atoms with van der Waals surface area (Å²) in [5.41, 5.74) is 1.06. The fourth-order valence-corrected chi connectivity index (χ4v) is 2.36. The number of methoxy groups -OCH3 is 1. The van der Waals surface area contributed by atoms with Gasteiger partial charge in [0.15, 0.2) is 0 Å². The van der Waals surface area contributed by atoms with Gasteiger partial charge in [0.05, 0.1) is 6.10 Å². The number of rotatable bonds is 3. The smallest absolute Gasteiger partial charge is 0.123 e. The first-order valence-electron chi connectivity index (χ1n) is 5.77. The van der Waals surface area contributed by atoms with Crippen LogP contribution < -0.4 is 5.32 Å². The lowest BCUT2D eigenvalue weighted by atomic mass is 9.88. The van der Waals surface area contributed by atoms with Crippen molar-refractivity contribution in [1.29, 1.82) is 0 Å². The molecule has 0 bridgehead atoms. The quantitative estimate of drug-likeness (QED) is 0.846. The summed E-state index contributed by atoms with van der Waals surface area (Å²) < 4.78 is 18.5. The van der Waals surface area contributed by atoms with Crippen molar-refractivity contribution < 1.29 is 9.13 Å². The van der Waals surface area contributed by atoms with E-state index in [0.29, 0.717) is 5.92 Å². The second kappa shape index (κ2) is 5.41. The summed E-state index contributed by atoms with van der Waals surface area (Å²) in [7, 11) is 1.75. The normalized spacial score (nSPS) is 25.6. The Morgan fingerprint density at radius 2 is 2.38 bits per heavy atom. The zero-order valence-electron chi connectivity index (χ0n) is 9.58. The third-order valence-electron chi connectivity index (χ3n) is 3.25. The first-order chi connectivity index (χ1) is 7.79. The molecule has 2 unspecified atom stereocenters. The number of piperidine rings is 1. The molecule has 1 fully saturated rings. The Labute approximate surface area is 95.8 Å². The minimum Gasteiger partial charge on any atom is -0.380 e. The molecule has 1 heterocycles. The van der Waals surface area contributed by atoms with E-state index >= 15 is 0 Å². The van der Waals surface area contributed by atoms with Gasteiger partial charge in [0.2, 0.25) is 0 Å². The van der Waals surface area contributed by atoms with Gasteiger partial charge in [-0.2, -0.15) is 0 Å². The molecule has 0 aliphatic carbocycles. The van der Waals surface area contributed by atoms with Gasteiger partial charge in [0.25, 0.3) is 0 Å². The van der Waals surface area contributed by atoms with Crippen molar-refractivity contribution >= 4 is 0 Å². The maximum absolute atomic E-state index is 13.1. The molecule has 1 aromatic carbocycles. The Hall–Kier alpha value is -0.930. The highest BCUT2D eigenvalue weighted by molar-refractivity contribution is 5.17. The highest BCUT2D eigenvalue weighted by Gasteiger charge is 2.24. The summed E-state index contributed by atoms with van der Waals surface area (Å²) in [5, 5.41) is 3.31. The van der Waals surface area contributed by atoms with Gasteiger partial charge >= 0.3 is 0 Å². The highest BCUT2D eigenvalue weighted by Crippen LogP contribution is 2.20. The van der Waals surface area contributed by atoms with E-state index in [1.165, 1.54) is 6.07 Å². The fraction of sp³-hybridized carbons (Fsp3) is 0.538. The summed E-state index contributed by atoms with van der Waals surface area (Å²) in [4.78, 5) is 0. The molecule has 2 atom stereocenters. The van der Waals surface area contributed by atoms with Crippen LogP contribution in [0.2, 0.25) is 0 Å². The van der Waals surface area contributed by atoms with Gasteiger partial charge < -0.3 is 10.1 Å². The molecule has 1 aliphatic rings. The minimum atomic E-state index is -0.152. The van der Waals surface area contributed by atoms with Crippen LogP contribution in [0.5, 0.6) is 0 Å². The summed E-state index contributed by atoms with van der Waals surface area (Å²) >= 11 is 0. The molecule has 1 N–H and O–H groups in total. The summed E-state index contributed by atoms with van der Waals surface area (Å²) in [6.45, 7) is 1.93. The third kappa shape index (κ3) is 2.80. The van der Waals surface area contributed by atoms with E-state index in [4.69, 9.17) is 4.74 Å². The standard InChI is InChI=1S/C13H18FNO/c1-16-13-9-15-6-5-11(13)7-10-3-2-4-12(14)8-10/h2-4,8,11,13,15H,5-7,9H2,1H3. The average Bonchev–Trinajstić information content (AvgIpc) is 2.30. The fourth-order valence-electron chi connectivity index (χ4n) is 2.36. The van der Waals surface area contributed by atoms with Gasteiger partial charge in [-0.15, -0.1) is 0 Å².